The van der Waals surface area contributed by atoms with Crippen molar-refractivity contribution in [1.82, 2.24) is 14.8 Å². The normalized spacial score (nSPS) is 13.8. The van der Waals surface area contributed by atoms with Gasteiger partial charge in [-0.1, -0.05) is 32.0 Å². The predicted octanol–water partition coefficient (Wildman–Crippen LogP) is 3.79. The summed E-state index contributed by atoms with van der Waals surface area (Å²) in [7, 11) is 0. The number of nitrogens with zero attached hydrogens (tertiary/aromatic N) is 2. The van der Waals surface area contributed by atoms with E-state index in [0.717, 1.165) is 19.4 Å². The standard InChI is InChI=1S/C17H19N3/c1-11(2)10-20-15-6-4-3-5-13(15)14-8-7-12-9-18-19-16(12)17(14)20/h3-6,9,11H,7-8,10H2,1-2H3,(H,18,19). The molecule has 2 heterocycles. The minimum Gasteiger partial charge on any atom is -0.339 e. The third-order valence-electron chi connectivity index (χ3n) is 4.22. The van der Waals surface area contributed by atoms with Crippen molar-refractivity contribution in [3.05, 3.63) is 41.6 Å². The van der Waals surface area contributed by atoms with Gasteiger partial charge in [0.2, 0.25) is 0 Å². The number of rotatable bonds is 2. The summed E-state index contributed by atoms with van der Waals surface area (Å²) in [4.78, 5) is 0. The smallest absolute Gasteiger partial charge is 0.0849 e. The fourth-order valence-corrected chi connectivity index (χ4v) is 3.43. The van der Waals surface area contributed by atoms with E-state index in [-0.39, 0.29) is 0 Å². The number of para-hydroxylation sites is 1. The van der Waals surface area contributed by atoms with Gasteiger partial charge in [-0.15, -0.1) is 0 Å². The summed E-state index contributed by atoms with van der Waals surface area (Å²) >= 11 is 0. The van der Waals surface area contributed by atoms with Crippen molar-refractivity contribution in [2.24, 2.45) is 5.92 Å². The van der Waals surface area contributed by atoms with E-state index in [2.05, 4.69) is 52.9 Å². The molecule has 102 valence electrons. The van der Waals surface area contributed by atoms with Crippen molar-refractivity contribution in [3.63, 3.8) is 0 Å². The highest BCUT2D eigenvalue weighted by atomic mass is 15.1. The second-order valence-electron chi connectivity index (χ2n) is 6.12. The van der Waals surface area contributed by atoms with Crippen LogP contribution in [-0.4, -0.2) is 14.8 Å². The number of hydrogen-bond donors (Lipinski definition) is 1. The molecular formula is C17H19N3. The molecule has 1 aliphatic rings. The molecule has 0 atom stereocenters. The molecule has 0 saturated carbocycles. The maximum Gasteiger partial charge on any atom is 0.0849 e. The summed E-state index contributed by atoms with van der Waals surface area (Å²) in [5, 5.41) is 8.88. The number of nitrogens with one attached hydrogen (secondary N) is 1. The summed E-state index contributed by atoms with van der Waals surface area (Å²) in [6.07, 6.45) is 4.19. The first kappa shape index (κ1) is 11.8. The van der Waals surface area contributed by atoms with E-state index in [9.17, 15) is 0 Å². The van der Waals surface area contributed by atoms with E-state index in [1.165, 1.54) is 33.4 Å². The Kier molecular flexibility index (Phi) is 2.49. The van der Waals surface area contributed by atoms with Gasteiger partial charge in [-0.25, -0.2) is 0 Å². The molecule has 4 rings (SSSR count). The molecule has 0 radical (unpaired) electrons. The summed E-state index contributed by atoms with van der Waals surface area (Å²) in [6.45, 7) is 5.60. The van der Waals surface area contributed by atoms with Gasteiger partial charge in [0, 0.05) is 17.4 Å². The van der Waals surface area contributed by atoms with Crippen LogP contribution in [0, 0.1) is 5.92 Å². The van der Waals surface area contributed by atoms with Gasteiger partial charge in [-0.05, 0) is 36.0 Å². The number of aryl methyl sites for hydroxylation is 2. The lowest BCUT2D eigenvalue weighted by Crippen LogP contribution is -2.10. The number of hydrogen-bond acceptors (Lipinski definition) is 1. The SMILES string of the molecule is CC(C)Cn1c2c(c3ccccc31)CCc1cn[nH]c1-2. The minimum atomic E-state index is 0.628. The van der Waals surface area contributed by atoms with Crippen LogP contribution >= 0.6 is 0 Å². The van der Waals surface area contributed by atoms with Crippen LogP contribution < -0.4 is 0 Å². The van der Waals surface area contributed by atoms with E-state index < -0.39 is 0 Å². The van der Waals surface area contributed by atoms with Crippen molar-refractivity contribution < 1.29 is 0 Å². The summed E-state index contributed by atoms with van der Waals surface area (Å²) in [6, 6.07) is 8.78. The quantitative estimate of drug-likeness (QED) is 0.751. The molecule has 0 amide bonds. The van der Waals surface area contributed by atoms with E-state index in [4.69, 9.17) is 0 Å². The van der Waals surface area contributed by atoms with Crippen molar-refractivity contribution in [3.8, 4) is 11.4 Å². The van der Waals surface area contributed by atoms with E-state index in [1.54, 1.807) is 0 Å². The van der Waals surface area contributed by atoms with Crippen LogP contribution in [-0.2, 0) is 19.4 Å². The van der Waals surface area contributed by atoms with Gasteiger partial charge in [0.05, 0.1) is 17.6 Å². The van der Waals surface area contributed by atoms with Gasteiger partial charge in [0.1, 0.15) is 0 Å². The zero-order chi connectivity index (χ0) is 13.7. The molecule has 20 heavy (non-hydrogen) atoms. The van der Waals surface area contributed by atoms with Crippen LogP contribution in [0.5, 0.6) is 0 Å². The van der Waals surface area contributed by atoms with Gasteiger partial charge in [0.15, 0.2) is 0 Å². The Morgan fingerprint density at radius 3 is 2.95 bits per heavy atom. The van der Waals surface area contributed by atoms with Gasteiger partial charge in [-0.2, -0.15) is 5.10 Å². The Morgan fingerprint density at radius 2 is 2.10 bits per heavy atom. The Labute approximate surface area is 118 Å². The molecule has 0 aliphatic heterocycles. The molecular weight excluding hydrogens is 246 g/mol. The molecule has 0 spiro atoms. The third-order valence-corrected chi connectivity index (χ3v) is 4.22. The highest BCUT2D eigenvalue weighted by Crippen LogP contribution is 2.39. The molecule has 3 heteroatoms. The average molecular weight is 265 g/mol. The molecule has 0 fully saturated rings. The fraction of sp³-hybridized carbons (Fsp3) is 0.353. The first-order chi connectivity index (χ1) is 9.75. The lowest BCUT2D eigenvalue weighted by atomic mass is 9.94. The van der Waals surface area contributed by atoms with Crippen molar-refractivity contribution in [2.45, 2.75) is 33.2 Å². The minimum absolute atomic E-state index is 0.628. The predicted molar refractivity (Wildman–Crippen MR) is 81.8 cm³/mol. The second-order valence-corrected chi connectivity index (χ2v) is 6.12. The molecule has 2 aromatic heterocycles. The lowest BCUT2D eigenvalue weighted by Gasteiger charge is -2.17. The van der Waals surface area contributed by atoms with Gasteiger partial charge in [0.25, 0.3) is 0 Å². The van der Waals surface area contributed by atoms with Crippen LogP contribution in [0.3, 0.4) is 0 Å². The maximum atomic E-state index is 4.25. The van der Waals surface area contributed by atoms with Crippen LogP contribution in [0.25, 0.3) is 22.3 Å². The molecule has 0 saturated heterocycles. The van der Waals surface area contributed by atoms with E-state index in [0.29, 0.717) is 5.92 Å². The van der Waals surface area contributed by atoms with Crippen LogP contribution in [0.15, 0.2) is 30.5 Å². The lowest BCUT2D eigenvalue weighted by molar-refractivity contribution is 0.536. The third kappa shape index (κ3) is 1.56. The first-order valence-electron chi connectivity index (χ1n) is 7.38. The first-order valence-corrected chi connectivity index (χ1v) is 7.38. The molecule has 3 nitrogen and oxygen atoms in total. The van der Waals surface area contributed by atoms with Crippen molar-refractivity contribution in [2.75, 3.05) is 0 Å². The number of aromatic nitrogens is 3. The topological polar surface area (TPSA) is 33.6 Å². The largest absolute Gasteiger partial charge is 0.339 e. The Hall–Kier alpha value is -2.03. The number of benzene rings is 1. The summed E-state index contributed by atoms with van der Waals surface area (Å²) < 4.78 is 2.48. The number of aromatic amines is 1. The second kappa shape index (κ2) is 4.23. The highest BCUT2D eigenvalue weighted by Gasteiger charge is 2.25. The average Bonchev–Trinajstić information content (AvgIpc) is 3.02. The Balaban J connectivity index is 2.07. The zero-order valence-electron chi connectivity index (χ0n) is 12.0. The van der Waals surface area contributed by atoms with Gasteiger partial charge < -0.3 is 4.57 Å². The molecule has 0 bridgehead atoms. The molecule has 1 aliphatic carbocycles. The van der Waals surface area contributed by atoms with Crippen LogP contribution in [0.2, 0.25) is 0 Å². The highest BCUT2D eigenvalue weighted by molar-refractivity contribution is 5.92. The van der Waals surface area contributed by atoms with Gasteiger partial charge in [-0.3, -0.25) is 5.10 Å². The van der Waals surface area contributed by atoms with Crippen molar-refractivity contribution in [1.29, 1.82) is 0 Å². The summed E-state index contributed by atoms with van der Waals surface area (Å²) in [5.41, 5.74) is 6.78. The maximum absolute atomic E-state index is 4.25. The monoisotopic (exact) mass is 265 g/mol. The number of H-pyrrole nitrogens is 1. The summed E-state index contributed by atoms with van der Waals surface area (Å²) in [5.74, 6) is 0.628. The van der Waals surface area contributed by atoms with Crippen LogP contribution in [0.4, 0.5) is 0 Å². The Morgan fingerprint density at radius 1 is 1.25 bits per heavy atom. The molecule has 1 aromatic carbocycles. The molecule has 3 aromatic rings. The Bertz CT molecular complexity index is 777. The fourth-order valence-electron chi connectivity index (χ4n) is 3.43. The molecule has 0 unspecified atom stereocenters. The zero-order valence-corrected chi connectivity index (χ0v) is 12.0. The van der Waals surface area contributed by atoms with Crippen LogP contribution in [0.1, 0.15) is 25.0 Å². The van der Waals surface area contributed by atoms with Crippen molar-refractivity contribution >= 4 is 10.9 Å². The molecule has 1 N–H and O–H groups in total. The van der Waals surface area contributed by atoms with E-state index in [1.807, 2.05) is 6.20 Å². The number of fused-ring (bicyclic) bond motifs is 5. The van der Waals surface area contributed by atoms with E-state index >= 15 is 0 Å². The van der Waals surface area contributed by atoms with Gasteiger partial charge >= 0.3 is 0 Å².